The lowest BCUT2D eigenvalue weighted by molar-refractivity contribution is 0.0670. The lowest BCUT2D eigenvalue weighted by Gasteiger charge is -2.28. The van der Waals surface area contributed by atoms with Crippen LogP contribution in [0.5, 0.6) is 0 Å². The first-order chi connectivity index (χ1) is 16.2. The largest absolute Gasteiger partial charge is 0.501 e. The predicted molar refractivity (Wildman–Crippen MR) is 142 cm³/mol. The molecule has 0 aliphatic rings. The average molecular weight is 525 g/mol. The van der Waals surface area contributed by atoms with Gasteiger partial charge in [0.1, 0.15) is 0 Å². The van der Waals surface area contributed by atoms with Crippen molar-refractivity contribution in [1.82, 2.24) is 0 Å². The maximum atomic E-state index is 5.76. The van der Waals surface area contributed by atoms with Crippen molar-refractivity contribution in [2.24, 2.45) is 0 Å². The summed E-state index contributed by atoms with van der Waals surface area (Å²) >= 11 is 0. The molecule has 0 amide bonds. The van der Waals surface area contributed by atoms with Crippen molar-refractivity contribution >= 4 is 17.6 Å². The number of rotatable bonds is 22. The van der Waals surface area contributed by atoms with Crippen molar-refractivity contribution in [3.05, 3.63) is 24.3 Å². The molecule has 0 saturated heterocycles. The molecule has 0 heterocycles. The molecule has 0 saturated carbocycles. The SMILES string of the molecule is C=C(C)COCCCC[Si](OC)(OC)OC.C=C(C)COCCC[Si](OCC)(OCC)OCC. The Balaban J connectivity index is 0. The molecule has 0 aliphatic carbocycles. The highest BCUT2D eigenvalue weighted by atomic mass is 28.4. The van der Waals surface area contributed by atoms with Gasteiger partial charge in [-0.1, -0.05) is 24.3 Å². The van der Waals surface area contributed by atoms with Gasteiger partial charge in [0, 0.05) is 66.5 Å². The van der Waals surface area contributed by atoms with Crippen molar-refractivity contribution in [2.45, 2.75) is 66.0 Å². The zero-order valence-corrected chi connectivity index (χ0v) is 25.2. The highest BCUT2D eigenvalue weighted by molar-refractivity contribution is 6.61. The van der Waals surface area contributed by atoms with Crippen molar-refractivity contribution in [3.63, 3.8) is 0 Å². The van der Waals surface area contributed by atoms with Crippen LogP contribution >= 0.6 is 0 Å². The van der Waals surface area contributed by atoms with Crippen LogP contribution in [0.15, 0.2) is 24.3 Å². The molecule has 10 heteroatoms. The molecule has 0 spiro atoms. The van der Waals surface area contributed by atoms with Crippen LogP contribution in [0.4, 0.5) is 0 Å². The van der Waals surface area contributed by atoms with Crippen LogP contribution in [-0.2, 0) is 36.0 Å². The molecule has 0 radical (unpaired) electrons. The molecule has 0 bridgehead atoms. The summed E-state index contributed by atoms with van der Waals surface area (Å²) in [6, 6.07) is 1.63. The fraction of sp³-hybridized carbons (Fsp3) is 0.833. The minimum Gasteiger partial charge on any atom is -0.377 e. The van der Waals surface area contributed by atoms with Crippen LogP contribution in [0, 0.1) is 0 Å². The van der Waals surface area contributed by atoms with Gasteiger partial charge >= 0.3 is 17.6 Å². The molecular weight excluding hydrogens is 472 g/mol. The van der Waals surface area contributed by atoms with E-state index in [0.717, 1.165) is 49.1 Å². The summed E-state index contributed by atoms with van der Waals surface area (Å²) in [4.78, 5) is 0. The molecule has 0 N–H and O–H groups in total. The van der Waals surface area contributed by atoms with Crippen molar-refractivity contribution in [2.75, 3.05) is 67.6 Å². The van der Waals surface area contributed by atoms with Crippen LogP contribution in [-0.4, -0.2) is 85.2 Å². The number of hydrogen-bond acceptors (Lipinski definition) is 8. The van der Waals surface area contributed by atoms with Crippen LogP contribution in [0.2, 0.25) is 12.1 Å². The van der Waals surface area contributed by atoms with E-state index in [-0.39, 0.29) is 0 Å². The van der Waals surface area contributed by atoms with Crippen molar-refractivity contribution in [3.8, 4) is 0 Å². The second-order valence-electron chi connectivity index (χ2n) is 7.86. The second-order valence-corrected chi connectivity index (χ2v) is 13.7. The maximum Gasteiger partial charge on any atom is 0.501 e. The molecule has 0 atom stereocenters. The Morgan fingerprint density at radius 2 is 0.971 bits per heavy atom. The summed E-state index contributed by atoms with van der Waals surface area (Å²) < 4.78 is 44.1. The summed E-state index contributed by atoms with van der Waals surface area (Å²) in [7, 11) is 0.0595. The third-order valence-corrected chi connectivity index (χ3v) is 10.5. The quantitative estimate of drug-likeness (QED) is 0.108. The first-order valence-corrected chi connectivity index (χ1v) is 16.1. The normalized spacial score (nSPS) is 11.8. The molecule has 34 heavy (non-hydrogen) atoms. The van der Waals surface area contributed by atoms with Crippen LogP contribution in [0.3, 0.4) is 0 Å². The van der Waals surface area contributed by atoms with E-state index < -0.39 is 17.6 Å². The van der Waals surface area contributed by atoms with E-state index in [0.29, 0.717) is 39.6 Å². The van der Waals surface area contributed by atoms with Gasteiger partial charge in [-0.05, 0) is 53.9 Å². The van der Waals surface area contributed by atoms with Gasteiger partial charge in [-0.25, -0.2) is 0 Å². The monoisotopic (exact) mass is 524 g/mol. The van der Waals surface area contributed by atoms with E-state index in [1.54, 1.807) is 21.3 Å². The summed E-state index contributed by atoms with van der Waals surface area (Å²) in [5.41, 5.74) is 2.09. The molecule has 0 aromatic carbocycles. The molecule has 0 rings (SSSR count). The highest BCUT2D eigenvalue weighted by Crippen LogP contribution is 2.18. The molecule has 8 nitrogen and oxygen atoms in total. The van der Waals surface area contributed by atoms with Gasteiger partial charge in [0.2, 0.25) is 0 Å². The number of ether oxygens (including phenoxy) is 2. The standard InChI is InChI=1S/C13H28O4Si.C11H24O4Si/c1-6-15-18(16-7-2,17-8-3)11-9-10-14-12-13(4)5;1-11(2)10-15-8-6-7-9-16(12-3,13-4)14-5/h4,6-12H2,1-3,5H3;1,6-10H2,2-5H3. The van der Waals surface area contributed by atoms with E-state index in [1.807, 2.05) is 34.6 Å². The Hall–Kier alpha value is -0.406. The van der Waals surface area contributed by atoms with Gasteiger partial charge in [0.05, 0.1) is 13.2 Å². The molecule has 0 aliphatic heterocycles. The number of unbranched alkanes of at least 4 members (excludes halogenated alkanes) is 1. The molecule has 0 aromatic rings. The summed E-state index contributed by atoms with van der Waals surface area (Å²) in [5, 5.41) is 0. The van der Waals surface area contributed by atoms with E-state index in [4.69, 9.17) is 36.0 Å². The third-order valence-electron chi connectivity index (χ3n) is 4.52. The molecule has 204 valence electrons. The molecule has 0 unspecified atom stereocenters. The smallest absolute Gasteiger partial charge is 0.377 e. The van der Waals surface area contributed by atoms with Crippen LogP contribution < -0.4 is 0 Å². The first-order valence-electron chi connectivity index (χ1n) is 12.2. The average Bonchev–Trinajstić information content (AvgIpc) is 2.79. The Kier molecular flexibility index (Phi) is 24.2. The lowest BCUT2D eigenvalue weighted by Crippen LogP contribution is -2.46. The van der Waals surface area contributed by atoms with E-state index in [1.165, 1.54) is 0 Å². The number of hydrogen-bond donors (Lipinski definition) is 0. The van der Waals surface area contributed by atoms with Crippen molar-refractivity contribution in [1.29, 1.82) is 0 Å². The zero-order valence-electron chi connectivity index (χ0n) is 23.2. The van der Waals surface area contributed by atoms with E-state index in [2.05, 4.69) is 13.2 Å². The fourth-order valence-corrected chi connectivity index (χ4v) is 7.36. The van der Waals surface area contributed by atoms with Gasteiger partial charge in [0.15, 0.2) is 0 Å². The second kappa shape index (κ2) is 23.0. The summed E-state index contributed by atoms with van der Waals surface area (Å²) in [6.07, 6.45) is 2.86. The fourth-order valence-electron chi connectivity index (χ4n) is 2.99. The zero-order chi connectivity index (χ0) is 26.3. The van der Waals surface area contributed by atoms with Gasteiger partial charge < -0.3 is 36.0 Å². The minimum atomic E-state index is -2.48. The van der Waals surface area contributed by atoms with Crippen molar-refractivity contribution < 1.29 is 36.0 Å². The molecular formula is C24H52O8Si2. The Labute approximate surface area is 211 Å². The molecule has 0 aromatic heterocycles. The minimum absolute atomic E-state index is 0.618. The maximum absolute atomic E-state index is 5.76. The third kappa shape index (κ3) is 18.9. The van der Waals surface area contributed by atoms with Crippen LogP contribution in [0.25, 0.3) is 0 Å². The topological polar surface area (TPSA) is 73.8 Å². The van der Waals surface area contributed by atoms with Gasteiger partial charge in [0.25, 0.3) is 0 Å². The highest BCUT2D eigenvalue weighted by Gasteiger charge is 2.39. The first kappa shape index (κ1) is 35.8. The van der Waals surface area contributed by atoms with E-state index >= 15 is 0 Å². The Morgan fingerprint density at radius 3 is 1.32 bits per heavy atom. The lowest BCUT2D eigenvalue weighted by atomic mass is 10.3. The predicted octanol–water partition coefficient (Wildman–Crippen LogP) is 5.26. The van der Waals surface area contributed by atoms with Crippen LogP contribution in [0.1, 0.15) is 53.9 Å². The molecule has 0 fully saturated rings. The van der Waals surface area contributed by atoms with E-state index in [9.17, 15) is 0 Å². The summed E-state index contributed by atoms with van der Waals surface area (Å²) in [6.45, 7) is 22.0. The van der Waals surface area contributed by atoms with Gasteiger partial charge in [-0.3, -0.25) is 0 Å². The Bertz CT molecular complexity index is 476. The Morgan fingerprint density at radius 1 is 0.588 bits per heavy atom. The summed E-state index contributed by atoms with van der Waals surface area (Å²) in [5.74, 6) is 0. The van der Waals surface area contributed by atoms with Gasteiger partial charge in [-0.2, -0.15) is 0 Å². The van der Waals surface area contributed by atoms with Gasteiger partial charge in [-0.15, -0.1) is 0 Å².